The number of hydrogen-bond acceptors (Lipinski definition) is 2. The van der Waals surface area contributed by atoms with Crippen LogP contribution in [0.3, 0.4) is 0 Å². The number of carbonyl (C=O) groups is 1. The summed E-state index contributed by atoms with van der Waals surface area (Å²) < 4.78 is 0. The first kappa shape index (κ1) is 12.5. The summed E-state index contributed by atoms with van der Waals surface area (Å²) in [5, 5.41) is 3.91. The second-order valence-electron chi connectivity index (χ2n) is 3.45. The molecule has 2 nitrogen and oxygen atoms in total. The molecule has 84 valence electrons. The zero-order valence-electron chi connectivity index (χ0n) is 9.12. The van der Waals surface area contributed by atoms with E-state index in [1.54, 1.807) is 11.3 Å². The maximum Gasteiger partial charge on any atom is 0.255 e. The van der Waals surface area contributed by atoms with E-state index in [9.17, 15) is 4.79 Å². The lowest BCUT2D eigenvalue weighted by molar-refractivity contribution is 0.0765. The molecule has 15 heavy (non-hydrogen) atoms. The maximum atomic E-state index is 12.1. The molecule has 0 fully saturated rings. The molecule has 0 N–H and O–H groups in total. The molecule has 0 aliphatic heterocycles. The fraction of sp³-hybridized carbons (Fsp3) is 0.545. The van der Waals surface area contributed by atoms with Gasteiger partial charge < -0.3 is 4.90 Å². The zero-order chi connectivity index (χ0) is 11.3. The summed E-state index contributed by atoms with van der Waals surface area (Å²) in [6, 6.07) is 0. The van der Waals surface area contributed by atoms with Crippen molar-refractivity contribution in [1.29, 1.82) is 0 Å². The normalized spacial score (nSPS) is 10.3. The molecule has 0 bridgehead atoms. The Morgan fingerprint density at radius 1 is 1.47 bits per heavy atom. The van der Waals surface area contributed by atoms with E-state index in [-0.39, 0.29) is 5.91 Å². The van der Waals surface area contributed by atoms with Crippen LogP contribution in [0.2, 0.25) is 0 Å². The third-order valence-corrected chi connectivity index (χ3v) is 3.25. The van der Waals surface area contributed by atoms with E-state index < -0.39 is 0 Å². The van der Waals surface area contributed by atoms with Crippen LogP contribution in [0.5, 0.6) is 0 Å². The molecule has 0 aliphatic carbocycles. The average molecular weight is 246 g/mol. The van der Waals surface area contributed by atoms with Gasteiger partial charge in [-0.25, -0.2) is 0 Å². The first-order valence-electron chi connectivity index (χ1n) is 5.08. The van der Waals surface area contributed by atoms with Gasteiger partial charge in [0.05, 0.1) is 5.56 Å². The van der Waals surface area contributed by atoms with E-state index in [4.69, 9.17) is 11.6 Å². The van der Waals surface area contributed by atoms with Crippen molar-refractivity contribution in [2.24, 2.45) is 0 Å². The molecule has 1 heterocycles. The van der Waals surface area contributed by atoms with Gasteiger partial charge in [-0.3, -0.25) is 4.79 Å². The minimum absolute atomic E-state index is 0.108. The number of aryl methyl sites for hydroxylation is 1. The standard InChI is InChI=1S/C11H16ClNOS/c1-3-5-13(6-4-12)11(14)10-8-15-7-9(10)2/h7-8H,3-6H2,1-2H3. The largest absolute Gasteiger partial charge is 0.337 e. The van der Waals surface area contributed by atoms with E-state index in [2.05, 4.69) is 6.92 Å². The van der Waals surface area contributed by atoms with Gasteiger partial charge in [-0.1, -0.05) is 6.92 Å². The number of amides is 1. The van der Waals surface area contributed by atoms with Crippen molar-refractivity contribution in [1.82, 2.24) is 4.90 Å². The predicted octanol–water partition coefficient (Wildman–Crippen LogP) is 3.15. The minimum Gasteiger partial charge on any atom is -0.337 e. The van der Waals surface area contributed by atoms with Crippen molar-refractivity contribution >= 4 is 28.8 Å². The molecule has 0 unspecified atom stereocenters. The Morgan fingerprint density at radius 3 is 2.67 bits per heavy atom. The number of hydrogen-bond donors (Lipinski definition) is 0. The van der Waals surface area contributed by atoms with Gasteiger partial charge in [0.15, 0.2) is 0 Å². The molecular weight excluding hydrogens is 230 g/mol. The Kier molecular flexibility index (Phi) is 5.12. The molecule has 0 atom stereocenters. The molecular formula is C11H16ClNOS. The smallest absolute Gasteiger partial charge is 0.255 e. The molecule has 1 amide bonds. The summed E-state index contributed by atoms with van der Waals surface area (Å²) >= 11 is 7.25. The molecule has 1 aromatic rings. The van der Waals surface area contributed by atoms with E-state index in [0.717, 1.165) is 24.1 Å². The number of alkyl halides is 1. The Bertz CT molecular complexity index is 318. The van der Waals surface area contributed by atoms with Crippen LogP contribution in [-0.4, -0.2) is 29.8 Å². The molecule has 0 aromatic carbocycles. The van der Waals surface area contributed by atoms with Crippen LogP contribution in [0.25, 0.3) is 0 Å². The fourth-order valence-electron chi connectivity index (χ4n) is 1.44. The molecule has 0 radical (unpaired) electrons. The second-order valence-corrected chi connectivity index (χ2v) is 4.57. The highest BCUT2D eigenvalue weighted by atomic mass is 35.5. The van der Waals surface area contributed by atoms with E-state index >= 15 is 0 Å². The lowest BCUT2D eigenvalue weighted by Gasteiger charge is -2.20. The Morgan fingerprint density at radius 2 is 2.20 bits per heavy atom. The summed E-state index contributed by atoms with van der Waals surface area (Å²) in [4.78, 5) is 13.9. The maximum absolute atomic E-state index is 12.1. The van der Waals surface area contributed by atoms with E-state index in [0.29, 0.717) is 12.4 Å². The van der Waals surface area contributed by atoms with Gasteiger partial charge in [0, 0.05) is 24.3 Å². The number of rotatable bonds is 5. The number of halogens is 1. The molecule has 0 saturated heterocycles. The SMILES string of the molecule is CCCN(CCCl)C(=O)c1cscc1C. The quantitative estimate of drug-likeness (QED) is 0.730. The molecule has 1 aromatic heterocycles. The van der Waals surface area contributed by atoms with Crippen LogP contribution in [-0.2, 0) is 0 Å². The molecule has 0 spiro atoms. The van der Waals surface area contributed by atoms with Crippen molar-refractivity contribution in [3.8, 4) is 0 Å². The highest BCUT2D eigenvalue weighted by Gasteiger charge is 2.16. The Hall–Kier alpha value is -0.540. The molecule has 4 heteroatoms. The molecule has 1 rings (SSSR count). The van der Waals surface area contributed by atoms with Crippen molar-refractivity contribution in [2.45, 2.75) is 20.3 Å². The van der Waals surface area contributed by atoms with Gasteiger partial charge in [0.2, 0.25) is 0 Å². The van der Waals surface area contributed by atoms with Gasteiger partial charge >= 0.3 is 0 Å². The van der Waals surface area contributed by atoms with Gasteiger partial charge in [0.25, 0.3) is 5.91 Å². The van der Waals surface area contributed by atoms with Gasteiger partial charge in [-0.15, -0.1) is 11.6 Å². The highest BCUT2D eigenvalue weighted by Crippen LogP contribution is 2.16. The summed E-state index contributed by atoms with van der Waals surface area (Å²) in [6.45, 7) is 5.44. The van der Waals surface area contributed by atoms with Crippen LogP contribution < -0.4 is 0 Å². The third kappa shape index (κ3) is 3.21. The van der Waals surface area contributed by atoms with Crippen molar-refractivity contribution in [3.63, 3.8) is 0 Å². The topological polar surface area (TPSA) is 20.3 Å². The predicted molar refractivity (Wildman–Crippen MR) is 66.0 cm³/mol. The van der Waals surface area contributed by atoms with Gasteiger partial charge in [-0.05, 0) is 24.3 Å². The zero-order valence-corrected chi connectivity index (χ0v) is 10.7. The number of nitrogens with zero attached hydrogens (tertiary/aromatic N) is 1. The van der Waals surface area contributed by atoms with Crippen LogP contribution in [0.4, 0.5) is 0 Å². The van der Waals surface area contributed by atoms with Gasteiger partial charge in [-0.2, -0.15) is 11.3 Å². The lowest BCUT2D eigenvalue weighted by atomic mass is 10.2. The Balaban J connectivity index is 2.76. The van der Waals surface area contributed by atoms with Crippen LogP contribution >= 0.6 is 22.9 Å². The van der Waals surface area contributed by atoms with Crippen molar-refractivity contribution in [3.05, 3.63) is 21.9 Å². The first-order chi connectivity index (χ1) is 7.20. The summed E-state index contributed by atoms with van der Waals surface area (Å²) in [7, 11) is 0. The van der Waals surface area contributed by atoms with E-state index in [1.807, 2.05) is 22.6 Å². The Labute approximate surface area is 99.9 Å². The highest BCUT2D eigenvalue weighted by molar-refractivity contribution is 7.08. The van der Waals surface area contributed by atoms with Crippen molar-refractivity contribution < 1.29 is 4.79 Å². The van der Waals surface area contributed by atoms with Crippen LogP contribution in [0, 0.1) is 6.92 Å². The monoisotopic (exact) mass is 245 g/mol. The number of thiophene rings is 1. The van der Waals surface area contributed by atoms with E-state index in [1.165, 1.54) is 0 Å². The van der Waals surface area contributed by atoms with Crippen LogP contribution in [0.15, 0.2) is 10.8 Å². The van der Waals surface area contributed by atoms with Crippen LogP contribution in [0.1, 0.15) is 29.3 Å². The lowest BCUT2D eigenvalue weighted by Crippen LogP contribution is -2.33. The molecule has 0 saturated carbocycles. The minimum atomic E-state index is 0.108. The summed E-state index contributed by atoms with van der Waals surface area (Å²) in [6.07, 6.45) is 0.964. The number of carbonyl (C=O) groups excluding carboxylic acids is 1. The average Bonchev–Trinajstić information content (AvgIpc) is 2.63. The third-order valence-electron chi connectivity index (χ3n) is 2.22. The summed E-state index contributed by atoms with van der Waals surface area (Å²) in [5.74, 6) is 0.603. The fourth-order valence-corrected chi connectivity index (χ4v) is 2.46. The second kappa shape index (κ2) is 6.13. The summed E-state index contributed by atoms with van der Waals surface area (Å²) in [5.41, 5.74) is 1.87. The van der Waals surface area contributed by atoms with Crippen molar-refractivity contribution in [2.75, 3.05) is 19.0 Å². The molecule has 0 aliphatic rings. The van der Waals surface area contributed by atoms with Gasteiger partial charge in [0.1, 0.15) is 0 Å². The first-order valence-corrected chi connectivity index (χ1v) is 6.56.